The number of thiophene rings is 1. The Balaban J connectivity index is 1.82. The predicted molar refractivity (Wildman–Crippen MR) is 73.1 cm³/mol. The molecule has 1 aliphatic rings. The number of anilines is 1. The molecule has 0 bridgehead atoms. The molecule has 1 fully saturated rings. The Kier molecular flexibility index (Phi) is 3.25. The van der Waals surface area contributed by atoms with Gasteiger partial charge in [0.2, 0.25) is 0 Å². The van der Waals surface area contributed by atoms with Crippen LogP contribution in [-0.2, 0) is 4.74 Å². The summed E-state index contributed by atoms with van der Waals surface area (Å²) in [6, 6.07) is 2.21. The summed E-state index contributed by atoms with van der Waals surface area (Å²) in [5, 5.41) is 2.19. The molecule has 18 heavy (non-hydrogen) atoms. The van der Waals surface area contributed by atoms with E-state index in [9.17, 15) is 0 Å². The maximum atomic E-state index is 5.37. The quantitative estimate of drug-likeness (QED) is 0.831. The molecule has 4 nitrogen and oxygen atoms in total. The molecule has 0 unspecified atom stereocenters. The highest BCUT2D eigenvalue weighted by Crippen LogP contribution is 2.31. The lowest BCUT2D eigenvalue weighted by molar-refractivity contribution is 0.123. The van der Waals surface area contributed by atoms with Crippen molar-refractivity contribution in [3.63, 3.8) is 0 Å². The predicted octanol–water partition coefficient (Wildman–Crippen LogP) is 2.35. The number of hydrogen-bond donors (Lipinski definition) is 0. The molecule has 3 heterocycles. The molecule has 0 aromatic carbocycles. The van der Waals surface area contributed by atoms with E-state index in [4.69, 9.17) is 4.74 Å². The molecule has 0 amide bonds. The molecule has 94 valence electrons. The van der Waals surface area contributed by atoms with Gasteiger partial charge in [-0.25, -0.2) is 9.97 Å². The van der Waals surface area contributed by atoms with E-state index in [1.54, 1.807) is 11.3 Å². The van der Waals surface area contributed by atoms with Gasteiger partial charge in [0, 0.05) is 47.0 Å². The second-order valence-corrected chi connectivity index (χ2v) is 5.20. The summed E-state index contributed by atoms with van der Waals surface area (Å²) in [7, 11) is 0. The number of morpholine rings is 1. The lowest BCUT2D eigenvalue weighted by atomic mass is 10.2. The summed E-state index contributed by atoms with van der Waals surface area (Å²) < 4.78 is 5.37. The van der Waals surface area contributed by atoms with Crippen LogP contribution < -0.4 is 4.90 Å². The minimum atomic E-state index is 0.809. The summed E-state index contributed by atoms with van der Waals surface area (Å²) >= 11 is 1.74. The van der Waals surface area contributed by atoms with E-state index in [0.717, 1.165) is 37.7 Å². The van der Waals surface area contributed by atoms with Crippen molar-refractivity contribution in [3.8, 4) is 10.4 Å². The molecule has 0 spiro atoms. The molecule has 2 aromatic heterocycles. The number of aromatic nitrogens is 2. The highest BCUT2D eigenvalue weighted by molar-refractivity contribution is 7.14. The number of rotatable bonds is 2. The largest absolute Gasteiger partial charge is 0.378 e. The van der Waals surface area contributed by atoms with Gasteiger partial charge in [0.15, 0.2) is 0 Å². The van der Waals surface area contributed by atoms with E-state index in [1.165, 1.54) is 10.6 Å². The third-order valence-corrected chi connectivity index (χ3v) is 3.99. The zero-order valence-electron chi connectivity index (χ0n) is 10.3. The third-order valence-electron chi connectivity index (χ3n) is 3.03. The summed E-state index contributed by atoms with van der Waals surface area (Å²) in [5.41, 5.74) is 2.36. The van der Waals surface area contributed by atoms with Crippen molar-refractivity contribution >= 4 is 17.0 Å². The third kappa shape index (κ3) is 2.37. The van der Waals surface area contributed by atoms with Crippen LogP contribution >= 0.6 is 11.3 Å². The van der Waals surface area contributed by atoms with Crippen molar-refractivity contribution in [2.24, 2.45) is 0 Å². The minimum absolute atomic E-state index is 0.809. The van der Waals surface area contributed by atoms with Crippen LogP contribution in [0.3, 0.4) is 0 Å². The number of aryl methyl sites for hydroxylation is 1. The maximum Gasteiger partial charge on any atom is 0.125 e. The second kappa shape index (κ2) is 5.04. The topological polar surface area (TPSA) is 38.2 Å². The van der Waals surface area contributed by atoms with Crippen LogP contribution in [-0.4, -0.2) is 36.3 Å². The van der Waals surface area contributed by atoms with Gasteiger partial charge in [-0.15, -0.1) is 11.3 Å². The highest BCUT2D eigenvalue weighted by Gasteiger charge is 2.13. The van der Waals surface area contributed by atoms with Crippen molar-refractivity contribution in [1.82, 2.24) is 9.97 Å². The van der Waals surface area contributed by atoms with E-state index in [1.807, 2.05) is 19.3 Å². The standard InChI is InChI=1S/C13H15N3OS/c1-10-14-7-11(8-15-10)13-6-12(9-18-13)16-2-4-17-5-3-16/h6-9H,2-5H2,1H3. The van der Waals surface area contributed by atoms with E-state index in [2.05, 4.69) is 26.3 Å². The van der Waals surface area contributed by atoms with Gasteiger partial charge in [0.1, 0.15) is 5.82 Å². The molecule has 0 saturated carbocycles. The fourth-order valence-corrected chi connectivity index (χ4v) is 2.88. The lowest BCUT2D eigenvalue weighted by Crippen LogP contribution is -2.35. The minimum Gasteiger partial charge on any atom is -0.378 e. The molecule has 0 atom stereocenters. The van der Waals surface area contributed by atoms with E-state index in [0.29, 0.717) is 0 Å². The molecule has 0 radical (unpaired) electrons. The Bertz CT molecular complexity index is 517. The summed E-state index contributed by atoms with van der Waals surface area (Å²) in [5.74, 6) is 0.809. The zero-order valence-corrected chi connectivity index (χ0v) is 11.1. The van der Waals surface area contributed by atoms with Crippen molar-refractivity contribution in [1.29, 1.82) is 0 Å². The molecular weight excluding hydrogens is 246 g/mol. The Morgan fingerprint density at radius 1 is 1.22 bits per heavy atom. The van der Waals surface area contributed by atoms with Crippen LogP contribution in [0.2, 0.25) is 0 Å². The average molecular weight is 261 g/mol. The Labute approximate surface area is 110 Å². The number of ether oxygens (including phenoxy) is 1. The van der Waals surface area contributed by atoms with Crippen molar-refractivity contribution in [2.45, 2.75) is 6.92 Å². The first-order chi connectivity index (χ1) is 8.83. The Hall–Kier alpha value is -1.46. The van der Waals surface area contributed by atoms with E-state index in [-0.39, 0.29) is 0 Å². The van der Waals surface area contributed by atoms with Crippen LogP contribution in [0.4, 0.5) is 5.69 Å². The Morgan fingerprint density at radius 2 is 1.94 bits per heavy atom. The van der Waals surface area contributed by atoms with Crippen LogP contribution in [0.1, 0.15) is 5.82 Å². The van der Waals surface area contributed by atoms with Crippen LogP contribution in [0.25, 0.3) is 10.4 Å². The molecule has 0 aliphatic carbocycles. The fraction of sp³-hybridized carbons (Fsp3) is 0.385. The van der Waals surface area contributed by atoms with Crippen molar-refractivity contribution in [2.75, 3.05) is 31.2 Å². The van der Waals surface area contributed by atoms with Gasteiger partial charge in [-0.1, -0.05) is 0 Å². The zero-order chi connectivity index (χ0) is 12.4. The smallest absolute Gasteiger partial charge is 0.125 e. The number of hydrogen-bond acceptors (Lipinski definition) is 5. The van der Waals surface area contributed by atoms with E-state index >= 15 is 0 Å². The van der Waals surface area contributed by atoms with Crippen molar-refractivity contribution in [3.05, 3.63) is 29.7 Å². The van der Waals surface area contributed by atoms with Gasteiger partial charge in [-0.05, 0) is 13.0 Å². The molecule has 1 aliphatic heterocycles. The number of nitrogens with zero attached hydrogens (tertiary/aromatic N) is 3. The molecular formula is C13H15N3OS. The summed E-state index contributed by atoms with van der Waals surface area (Å²) in [6.07, 6.45) is 3.77. The molecule has 0 N–H and O–H groups in total. The lowest BCUT2D eigenvalue weighted by Gasteiger charge is -2.27. The normalized spacial score (nSPS) is 15.9. The first-order valence-corrected chi connectivity index (χ1v) is 6.91. The highest BCUT2D eigenvalue weighted by atomic mass is 32.1. The van der Waals surface area contributed by atoms with Gasteiger partial charge in [-0.3, -0.25) is 0 Å². The van der Waals surface area contributed by atoms with Gasteiger partial charge in [-0.2, -0.15) is 0 Å². The summed E-state index contributed by atoms with van der Waals surface area (Å²) in [4.78, 5) is 12.1. The van der Waals surface area contributed by atoms with Crippen LogP contribution in [0, 0.1) is 6.92 Å². The molecule has 5 heteroatoms. The van der Waals surface area contributed by atoms with Gasteiger partial charge in [0.05, 0.1) is 13.2 Å². The van der Waals surface area contributed by atoms with Gasteiger partial charge < -0.3 is 9.64 Å². The molecule has 2 aromatic rings. The maximum absolute atomic E-state index is 5.37. The van der Waals surface area contributed by atoms with Gasteiger partial charge >= 0.3 is 0 Å². The van der Waals surface area contributed by atoms with Crippen molar-refractivity contribution < 1.29 is 4.74 Å². The second-order valence-electron chi connectivity index (χ2n) is 4.29. The first-order valence-electron chi connectivity index (χ1n) is 6.03. The average Bonchev–Trinajstić information content (AvgIpc) is 2.90. The molecule has 1 saturated heterocycles. The molecule has 3 rings (SSSR count). The van der Waals surface area contributed by atoms with E-state index < -0.39 is 0 Å². The SMILES string of the molecule is Cc1ncc(-c2cc(N3CCOCC3)cs2)cn1. The van der Waals surface area contributed by atoms with Crippen LogP contribution in [0.15, 0.2) is 23.8 Å². The first kappa shape index (κ1) is 11.6. The van der Waals surface area contributed by atoms with Gasteiger partial charge in [0.25, 0.3) is 0 Å². The monoisotopic (exact) mass is 261 g/mol. The summed E-state index contributed by atoms with van der Waals surface area (Å²) in [6.45, 7) is 5.48. The van der Waals surface area contributed by atoms with Crippen LogP contribution in [0.5, 0.6) is 0 Å². The Morgan fingerprint density at radius 3 is 2.67 bits per heavy atom. The fourth-order valence-electron chi connectivity index (χ4n) is 1.98.